The third-order valence-electron chi connectivity index (χ3n) is 2.65. The van der Waals surface area contributed by atoms with Crippen LogP contribution in [0.2, 0.25) is 0 Å². The molecule has 1 aliphatic carbocycles. The Hall–Kier alpha value is -1.03. The third-order valence-corrected chi connectivity index (χ3v) is 3.64. The van der Waals surface area contributed by atoms with Crippen molar-refractivity contribution in [3.8, 4) is 0 Å². The molecule has 1 aromatic rings. The van der Waals surface area contributed by atoms with Gasteiger partial charge in [0.2, 0.25) is 0 Å². The fourth-order valence-corrected chi connectivity index (χ4v) is 2.49. The summed E-state index contributed by atoms with van der Waals surface area (Å²) in [5.41, 5.74) is 5.90. The number of aliphatic imine (C=N–C) groups is 1. The fraction of sp³-hybridized carbons (Fsp3) is 0.583. The summed E-state index contributed by atoms with van der Waals surface area (Å²) in [6.45, 7) is 2.19. The van der Waals surface area contributed by atoms with Gasteiger partial charge >= 0.3 is 0 Å². The van der Waals surface area contributed by atoms with E-state index >= 15 is 0 Å². The standard InChI is InChI=1S/C12H19N3S/c1-2-4-10(11-5-3-8-16-11)15-12(13)14-9-6-7-9/h3,5,8-10H,2,4,6-7H2,1H3,(H3,13,14,15). The van der Waals surface area contributed by atoms with Crippen LogP contribution >= 0.6 is 11.3 Å². The summed E-state index contributed by atoms with van der Waals surface area (Å²) in [5.74, 6) is 0.606. The van der Waals surface area contributed by atoms with E-state index in [0.29, 0.717) is 18.0 Å². The minimum atomic E-state index is 0.326. The van der Waals surface area contributed by atoms with Gasteiger partial charge in [0.05, 0.1) is 12.1 Å². The first-order chi connectivity index (χ1) is 7.79. The number of nitrogens with zero attached hydrogens (tertiary/aromatic N) is 1. The fourth-order valence-electron chi connectivity index (χ4n) is 1.68. The molecule has 1 aliphatic rings. The molecule has 88 valence electrons. The maximum atomic E-state index is 5.90. The van der Waals surface area contributed by atoms with Crippen LogP contribution in [0, 0.1) is 0 Å². The monoisotopic (exact) mass is 237 g/mol. The predicted molar refractivity (Wildman–Crippen MR) is 69.7 cm³/mol. The van der Waals surface area contributed by atoms with Gasteiger partial charge in [0, 0.05) is 4.88 Å². The molecule has 1 aromatic heterocycles. The van der Waals surface area contributed by atoms with Crippen LogP contribution in [0.3, 0.4) is 0 Å². The number of rotatable bonds is 5. The predicted octanol–water partition coefficient (Wildman–Crippen LogP) is 2.66. The molecule has 0 radical (unpaired) electrons. The first-order valence-electron chi connectivity index (χ1n) is 5.92. The maximum Gasteiger partial charge on any atom is 0.189 e. The van der Waals surface area contributed by atoms with Crippen molar-refractivity contribution in [2.45, 2.75) is 44.7 Å². The van der Waals surface area contributed by atoms with Gasteiger partial charge < -0.3 is 11.1 Å². The third kappa shape index (κ3) is 3.23. The highest BCUT2D eigenvalue weighted by atomic mass is 32.1. The highest BCUT2D eigenvalue weighted by Gasteiger charge is 2.21. The number of hydrogen-bond acceptors (Lipinski definition) is 2. The lowest BCUT2D eigenvalue weighted by atomic mass is 10.1. The smallest absolute Gasteiger partial charge is 0.189 e. The molecule has 1 atom stereocenters. The Morgan fingerprint density at radius 3 is 3.06 bits per heavy atom. The average Bonchev–Trinajstić information content (AvgIpc) is 2.90. The van der Waals surface area contributed by atoms with Crippen LogP contribution in [-0.2, 0) is 0 Å². The second kappa shape index (κ2) is 5.34. The van der Waals surface area contributed by atoms with Crippen molar-refractivity contribution in [3.63, 3.8) is 0 Å². The summed E-state index contributed by atoms with van der Waals surface area (Å²) in [7, 11) is 0. The van der Waals surface area contributed by atoms with Crippen molar-refractivity contribution in [2.75, 3.05) is 0 Å². The molecule has 0 amide bonds. The molecule has 3 nitrogen and oxygen atoms in total. The molecule has 1 saturated carbocycles. The number of thiophene rings is 1. The number of guanidine groups is 1. The molecule has 1 unspecified atom stereocenters. The van der Waals surface area contributed by atoms with Crippen molar-refractivity contribution < 1.29 is 0 Å². The lowest BCUT2D eigenvalue weighted by molar-refractivity contribution is 0.586. The Labute approximate surface area is 101 Å². The topological polar surface area (TPSA) is 50.4 Å². The van der Waals surface area contributed by atoms with Gasteiger partial charge in [0.25, 0.3) is 0 Å². The van der Waals surface area contributed by atoms with E-state index in [2.05, 4.69) is 34.7 Å². The Kier molecular flexibility index (Phi) is 3.83. The summed E-state index contributed by atoms with van der Waals surface area (Å²) >= 11 is 1.77. The van der Waals surface area contributed by atoms with Crippen molar-refractivity contribution in [2.24, 2.45) is 10.7 Å². The summed E-state index contributed by atoms with van der Waals surface area (Å²) in [4.78, 5) is 5.75. The molecule has 0 aromatic carbocycles. The SMILES string of the molecule is CCCC(NC(N)=NC1CC1)c1cccs1. The van der Waals surface area contributed by atoms with Crippen molar-refractivity contribution in [1.82, 2.24) is 5.32 Å². The van der Waals surface area contributed by atoms with Crippen LogP contribution in [0.15, 0.2) is 22.5 Å². The Balaban J connectivity index is 1.96. The summed E-state index contributed by atoms with van der Waals surface area (Å²) in [5, 5.41) is 5.43. The molecule has 1 fully saturated rings. The molecule has 3 N–H and O–H groups in total. The number of nitrogens with two attached hydrogens (primary N) is 1. The lowest BCUT2D eigenvalue weighted by Gasteiger charge is -2.17. The molecule has 1 heterocycles. The van der Waals surface area contributed by atoms with E-state index in [1.165, 1.54) is 17.7 Å². The largest absolute Gasteiger partial charge is 0.370 e. The summed E-state index contributed by atoms with van der Waals surface area (Å²) < 4.78 is 0. The van der Waals surface area contributed by atoms with Gasteiger partial charge in [-0.2, -0.15) is 0 Å². The zero-order valence-corrected chi connectivity index (χ0v) is 10.5. The second-order valence-corrected chi connectivity index (χ2v) is 5.23. The second-order valence-electron chi connectivity index (χ2n) is 4.25. The number of hydrogen-bond donors (Lipinski definition) is 2. The van der Waals surface area contributed by atoms with E-state index in [9.17, 15) is 0 Å². The van der Waals surface area contributed by atoms with Gasteiger partial charge in [-0.15, -0.1) is 11.3 Å². The molecular formula is C12H19N3S. The van der Waals surface area contributed by atoms with Crippen LogP contribution in [0.4, 0.5) is 0 Å². The van der Waals surface area contributed by atoms with E-state index < -0.39 is 0 Å². The number of nitrogens with one attached hydrogen (secondary N) is 1. The highest BCUT2D eigenvalue weighted by molar-refractivity contribution is 7.10. The van der Waals surface area contributed by atoms with E-state index in [4.69, 9.17) is 5.73 Å². The molecular weight excluding hydrogens is 218 g/mol. The molecule has 2 rings (SSSR count). The van der Waals surface area contributed by atoms with Gasteiger partial charge in [-0.1, -0.05) is 19.4 Å². The van der Waals surface area contributed by atoms with Crippen LogP contribution in [0.1, 0.15) is 43.5 Å². The minimum Gasteiger partial charge on any atom is -0.370 e. The first kappa shape index (κ1) is 11.5. The van der Waals surface area contributed by atoms with E-state index in [1.54, 1.807) is 11.3 Å². The Morgan fingerprint density at radius 2 is 2.50 bits per heavy atom. The van der Waals surface area contributed by atoms with Gasteiger partial charge in [-0.3, -0.25) is 4.99 Å². The highest BCUT2D eigenvalue weighted by Crippen LogP contribution is 2.25. The average molecular weight is 237 g/mol. The van der Waals surface area contributed by atoms with Gasteiger partial charge in [-0.05, 0) is 30.7 Å². The van der Waals surface area contributed by atoms with Crippen molar-refractivity contribution in [3.05, 3.63) is 22.4 Å². The molecule has 0 aliphatic heterocycles. The molecule has 0 bridgehead atoms. The quantitative estimate of drug-likeness (QED) is 0.611. The van der Waals surface area contributed by atoms with Crippen LogP contribution in [-0.4, -0.2) is 12.0 Å². The Bertz CT molecular complexity index is 341. The molecule has 0 spiro atoms. The zero-order valence-electron chi connectivity index (χ0n) is 9.65. The normalized spacial score (nSPS) is 18.4. The van der Waals surface area contributed by atoms with Crippen LogP contribution < -0.4 is 11.1 Å². The van der Waals surface area contributed by atoms with Crippen LogP contribution in [0.25, 0.3) is 0 Å². The van der Waals surface area contributed by atoms with E-state index in [1.807, 2.05) is 0 Å². The van der Waals surface area contributed by atoms with Gasteiger partial charge in [0.1, 0.15) is 0 Å². The maximum absolute atomic E-state index is 5.90. The summed E-state index contributed by atoms with van der Waals surface area (Å²) in [6.07, 6.45) is 4.63. The van der Waals surface area contributed by atoms with E-state index in [0.717, 1.165) is 12.8 Å². The summed E-state index contributed by atoms with van der Waals surface area (Å²) in [6, 6.07) is 5.05. The zero-order chi connectivity index (χ0) is 11.4. The van der Waals surface area contributed by atoms with Gasteiger partial charge in [-0.25, -0.2) is 0 Å². The minimum absolute atomic E-state index is 0.326. The van der Waals surface area contributed by atoms with Crippen molar-refractivity contribution >= 4 is 17.3 Å². The van der Waals surface area contributed by atoms with Gasteiger partial charge in [0.15, 0.2) is 5.96 Å². The molecule has 4 heteroatoms. The molecule has 0 saturated heterocycles. The van der Waals surface area contributed by atoms with Crippen molar-refractivity contribution in [1.29, 1.82) is 0 Å². The molecule has 16 heavy (non-hydrogen) atoms. The first-order valence-corrected chi connectivity index (χ1v) is 6.80. The lowest BCUT2D eigenvalue weighted by Crippen LogP contribution is -2.35. The Morgan fingerprint density at radius 1 is 1.69 bits per heavy atom. The van der Waals surface area contributed by atoms with E-state index in [-0.39, 0.29) is 0 Å². The van der Waals surface area contributed by atoms with Crippen LogP contribution in [0.5, 0.6) is 0 Å².